The van der Waals surface area contributed by atoms with Gasteiger partial charge in [-0.15, -0.1) is 0 Å². The van der Waals surface area contributed by atoms with Gasteiger partial charge in [0, 0.05) is 11.3 Å². The van der Waals surface area contributed by atoms with Crippen molar-refractivity contribution in [3.05, 3.63) is 47.2 Å². The number of nitrogen functional groups attached to an aromatic ring is 1. The molecule has 0 aliphatic heterocycles. The van der Waals surface area contributed by atoms with Crippen molar-refractivity contribution in [3.63, 3.8) is 0 Å². The highest BCUT2D eigenvalue weighted by Crippen LogP contribution is 2.32. The Morgan fingerprint density at radius 2 is 1.94 bits per heavy atom. The Hall–Kier alpha value is -1.74. The Balaban J connectivity index is 2.53. The first-order valence-corrected chi connectivity index (χ1v) is 5.38. The molecule has 0 radical (unpaired) electrons. The fourth-order valence-electron chi connectivity index (χ4n) is 1.60. The van der Waals surface area contributed by atoms with Crippen LogP contribution in [-0.2, 0) is 0 Å². The maximum atomic E-state index is 13.6. The normalized spacial score (nSPS) is 10.3. The van der Waals surface area contributed by atoms with Crippen molar-refractivity contribution in [3.8, 4) is 16.9 Å². The zero-order chi connectivity index (χ0) is 12.4. The second-order valence-corrected chi connectivity index (χ2v) is 4.00. The van der Waals surface area contributed by atoms with Gasteiger partial charge in [-0.25, -0.2) is 4.39 Å². The molecule has 88 valence electrons. The predicted molar refractivity (Wildman–Crippen MR) is 67.8 cm³/mol. The Morgan fingerprint density at radius 1 is 1.18 bits per heavy atom. The van der Waals surface area contributed by atoms with Gasteiger partial charge in [0.1, 0.15) is 11.6 Å². The van der Waals surface area contributed by atoms with Gasteiger partial charge in [-0.3, -0.25) is 0 Å². The van der Waals surface area contributed by atoms with Crippen LogP contribution in [0.4, 0.5) is 10.1 Å². The van der Waals surface area contributed by atoms with Crippen LogP contribution in [0.1, 0.15) is 0 Å². The molecule has 0 unspecified atom stereocenters. The van der Waals surface area contributed by atoms with E-state index in [-0.39, 0.29) is 5.82 Å². The van der Waals surface area contributed by atoms with Crippen LogP contribution in [-0.4, -0.2) is 7.11 Å². The van der Waals surface area contributed by atoms with Crippen LogP contribution in [0.2, 0.25) is 5.02 Å². The first kappa shape index (κ1) is 11.7. The van der Waals surface area contributed by atoms with Crippen molar-refractivity contribution >= 4 is 17.3 Å². The molecular formula is C13H11ClFNO. The number of anilines is 1. The topological polar surface area (TPSA) is 35.2 Å². The minimum absolute atomic E-state index is 0.333. The summed E-state index contributed by atoms with van der Waals surface area (Å²) in [5.41, 5.74) is 7.24. The van der Waals surface area contributed by atoms with E-state index < -0.39 is 0 Å². The molecular weight excluding hydrogens is 241 g/mol. The summed E-state index contributed by atoms with van der Waals surface area (Å²) in [6.07, 6.45) is 0. The second-order valence-electron chi connectivity index (χ2n) is 3.59. The minimum atomic E-state index is -0.333. The van der Waals surface area contributed by atoms with E-state index in [0.717, 1.165) is 0 Å². The van der Waals surface area contributed by atoms with E-state index in [2.05, 4.69) is 0 Å². The molecule has 0 bridgehead atoms. The van der Waals surface area contributed by atoms with Gasteiger partial charge in [0.2, 0.25) is 0 Å². The van der Waals surface area contributed by atoms with Crippen LogP contribution in [0.15, 0.2) is 36.4 Å². The van der Waals surface area contributed by atoms with Crippen molar-refractivity contribution in [2.24, 2.45) is 0 Å². The maximum Gasteiger partial charge on any atom is 0.137 e. The molecule has 2 rings (SSSR count). The van der Waals surface area contributed by atoms with E-state index in [4.69, 9.17) is 22.1 Å². The van der Waals surface area contributed by atoms with Gasteiger partial charge in [0.05, 0.1) is 12.1 Å². The van der Waals surface area contributed by atoms with Gasteiger partial charge in [0.25, 0.3) is 0 Å². The molecule has 2 nitrogen and oxygen atoms in total. The lowest BCUT2D eigenvalue weighted by molar-refractivity contribution is 0.415. The average Bonchev–Trinajstić information content (AvgIpc) is 2.32. The highest BCUT2D eigenvalue weighted by molar-refractivity contribution is 6.32. The van der Waals surface area contributed by atoms with Crippen LogP contribution in [0.5, 0.6) is 5.75 Å². The highest BCUT2D eigenvalue weighted by Gasteiger charge is 2.08. The van der Waals surface area contributed by atoms with E-state index in [0.29, 0.717) is 27.6 Å². The predicted octanol–water partition coefficient (Wildman–Crippen LogP) is 3.74. The zero-order valence-corrected chi connectivity index (χ0v) is 9.96. The molecule has 0 fully saturated rings. The summed E-state index contributed by atoms with van der Waals surface area (Å²) in [6, 6.07) is 9.52. The van der Waals surface area contributed by atoms with Gasteiger partial charge in [-0.1, -0.05) is 17.7 Å². The Labute approximate surface area is 104 Å². The van der Waals surface area contributed by atoms with E-state index >= 15 is 0 Å². The van der Waals surface area contributed by atoms with Crippen LogP contribution in [0.3, 0.4) is 0 Å². The first-order chi connectivity index (χ1) is 8.11. The summed E-state index contributed by atoms with van der Waals surface area (Å²) in [6.45, 7) is 0. The van der Waals surface area contributed by atoms with Gasteiger partial charge in [0.15, 0.2) is 0 Å². The summed E-state index contributed by atoms with van der Waals surface area (Å²) >= 11 is 5.99. The Bertz CT molecular complexity index is 557. The summed E-state index contributed by atoms with van der Waals surface area (Å²) in [5, 5.41) is 0.437. The first-order valence-electron chi connectivity index (χ1n) is 5.01. The third-order valence-corrected chi connectivity index (χ3v) is 2.75. The molecule has 2 aromatic rings. The molecule has 0 saturated heterocycles. The van der Waals surface area contributed by atoms with Crippen LogP contribution in [0.25, 0.3) is 11.1 Å². The smallest absolute Gasteiger partial charge is 0.137 e. The molecule has 0 heterocycles. The van der Waals surface area contributed by atoms with Crippen molar-refractivity contribution in [1.29, 1.82) is 0 Å². The number of hydrogen-bond donors (Lipinski definition) is 1. The fraction of sp³-hybridized carbons (Fsp3) is 0.0769. The lowest BCUT2D eigenvalue weighted by Gasteiger charge is -2.08. The number of rotatable bonds is 2. The molecule has 0 saturated carbocycles. The van der Waals surface area contributed by atoms with E-state index in [1.165, 1.54) is 19.2 Å². The molecule has 0 aliphatic carbocycles. The standard InChI is InChI=1S/C13H11ClFNO/c1-17-13-5-2-8(6-11(13)14)10-7-9(16)3-4-12(10)15/h2-7H,16H2,1H3. The Kier molecular flexibility index (Phi) is 3.20. The van der Waals surface area contributed by atoms with Crippen LogP contribution in [0, 0.1) is 5.82 Å². The average molecular weight is 252 g/mol. The summed E-state index contributed by atoms with van der Waals surface area (Å²) in [7, 11) is 1.53. The van der Waals surface area contributed by atoms with Gasteiger partial charge in [-0.05, 0) is 35.9 Å². The molecule has 17 heavy (non-hydrogen) atoms. The summed E-state index contributed by atoms with van der Waals surface area (Å²) < 4.78 is 18.7. The lowest BCUT2D eigenvalue weighted by atomic mass is 10.0. The van der Waals surface area contributed by atoms with E-state index in [1.54, 1.807) is 24.3 Å². The molecule has 0 amide bonds. The zero-order valence-electron chi connectivity index (χ0n) is 9.21. The quantitative estimate of drug-likeness (QED) is 0.826. The monoisotopic (exact) mass is 251 g/mol. The van der Waals surface area contributed by atoms with Crippen molar-refractivity contribution < 1.29 is 9.13 Å². The van der Waals surface area contributed by atoms with E-state index in [9.17, 15) is 4.39 Å². The lowest BCUT2D eigenvalue weighted by Crippen LogP contribution is -1.90. The van der Waals surface area contributed by atoms with Crippen molar-refractivity contribution in [2.75, 3.05) is 12.8 Å². The molecule has 0 spiro atoms. The van der Waals surface area contributed by atoms with Gasteiger partial charge < -0.3 is 10.5 Å². The third kappa shape index (κ3) is 2.34. The molecule has 4 heteroatoms. The van der Waals surface area contributed by atoms with Gasteiger partial charge >= 0.3 is 0 Å². The van der Waals surface area contributed by atoms with E-state index in [1.807, 2.05) is 0 Å². The van der Waals surface area contributed by atoms with Crippen LogP contribution >= 0.6 is 11.6 Å². The highest BCUT2D eigenvalue weighted by atomic mass is 35.5. The minimum Gasteiger partial charge on any atom is -0.495 e. The number of halogens is 2. The fourth-order valence-corrected chi connectivity index (χ4v) is 1.86. The largest absolute Gasteiger partial charge is 0.495 e. The SMILES string of the molecule is COc1ccc(-c2cc(N)ccc2F)cc1Cl. The molecule has 0 atom stereocenters. The van der Waals surface area contributed by atoms with Crippen molar-refractivity contribution in [1.82, 2.24) is 0 Å². The summed E-state index contributed by atoms with van der Waals surface area (Å²) in [4.78, 5) is 0. The third-order valence-electron chi connectivity index (χ3n) is 2.45. The molecule has 0 aliphatic rings. The number of ether oxygens (including phenoxy) is 1. The molecule has 0 aromatic heterocycles. The van der Waals surface area contributed by atoms with Gasteiger partial charge in [-0.2, -0.15) is 0 Å². The number of benzene rings is 2. The van der Waals surface area contributed by atoms with Crippen LogP contribution < -0.4 is 10.5 Å². The number of methoxy groups -OCH3 is 1. The molecule has 2 aromatic carbocycles. The summed E-state index contributed by atoms with van der Waals surface area (Å²) in [5.74, 6) is 0.222. The number of nitrogens with two attached hydrogens (primary N) is 1. The maximum absolute atomic E-state index is 13.6. The molecule has 2 N–H and O–H groups in total. The number of hydrogen-bond acceptors (Lipinski definition) is 2. The second kappa shape index (κ2) is 4.63. The Morgan fingerprint density at radius 3 is 2.59 bits per heavy atom. The van der Waals surface area contributed by atoms with Crippen molar-refractivity contribution in [2.45, 2.75) is 0 Å².